The topological polar surface area (TPSA) is 105 Å². The number of carbonyl (C=O) groups excluding carboxylic acids is 4. The molecule has 8 fully saturated rings. The molecule has 8 nitrogen and oxygen atoms in total. The van der Waals surface area contributed by atoms with Crippen LogP contribution in [0.15, 0.2) is 12.2 Å². The molecule has 8 rings (SSSR count). The Morgan fingerprint density at radius 2 is 0.848 bits per heavy atom. The summed E-state index contributed by atoms with van der Waals surface area (Å²) in [6.07, 6.45) is 31.3. The molecule has 8 aliphatic carbocycles. The maximum atomic E-state index is 13.1. The second-order valence-corrected chi connectivity index (χ2v) is 25.3. The molecule has 0 amide bonds. The highest BCUT2D eigenvalue weighted by molar-refractivity contribution is 5.70. The standard InChI is InChI=1S/C58H92O8/c1-37(15-25-51(59)63-7)45-21-23-47-43-19-17-39-35-41(27-31-55(39,3)49(43)29-33-57(45,47)5)65-53(61)13-11-9-10-12-14-54(62)66-42-28-32-56(4)40(36-42)18-20-44-48-24-22-46(38(2)16-26-52(60)64-8)58(48,6)34-30-50(44)56/h9-10,37-50H,11-36H2,1-8H3/b10-9+/t37-,38-,39-,40-,41-,42-,43+,44+,45-,46-,47+,48+,49+,50+,55+,56+,57-,58-/m1/s1. The average Bonchev–Trinajstić information content (AvgIpc) is 3.85. The molecular formula is C58H92O8. The van der Waals surface area contributed by atoms with Crippen LogP contribution in [0.2, 0.25) is 0 Å². The van der Waals surface area contributed by atoms with Crippen molar-refractivity contribution in [1.82, 2.24) is 0 Å². The Kier molecular flexibility index (Phi) is 15.6. The van der Waals surface area contributed by atoms with Crippen LogP contribution in [0, 0.1) is 92.7 Å². The number of fused-ring (bicyclic) bond motifs is 10. The molecular weight excluding hydrogens is 825 g/mol. The first-order valence-electron chi connectivity index (χ1n) is 27.7. The Morgan fingerprint density at radius 1 is 0.470 bits per heavy atom. The minimum Gasteiger partial charge on any atom is -0.469 e. The molecule has 0 heterocycles. The van der Waals surface area contributed by atoms with Crippen molar-refractivity contribution in [2.45, 2.75) is 221 Å². The third-order valence-electron chi connectivity index (χ3n) is 22.6. The van der Waals surface area contributed by atoms with Crippen molar-refractivity contribution in [1.29, 1.82) is 0 Å². The molecule has 0 aromatic carbocycles. The molecule has 372 valence electrons. The van der Waals surface area contributed by atoms with Crippen LogP contribution in [-0.4, -0.2) is 50.3 Å². The SMILES string of the molecule is COC(=O)CC[C@@H](C)[C@H]1CC[C@H]2[C@@H]3CC[C@@H]4C[C@H](OC(=O)CC/C=C/CCC(=O)O[C@@H]5CC[C@@]6(C)[C@H](CC[C@@H]7[C@@H]6CC[C@]6(C)[C@@H]([C@H](C)CCC(=O)OC)CC[C@@H]76)C5)CC[C@]4(C)[C@H]3CC[C@]12C. The van der Waals surface area contributed by atoms with E-state index in [9.17, 15) is 19.2 Å². The van der Waals surface area contributed by atoms with E-state index in [1.807, 2.05) is 12.2 Å². The highest BCUT2D eigenvalue weighted by Gasteiger charge is 2.62. The van der Waals surface area contributed by atoms with Crippen molar-refractivity contribution in [2.75, 3.05) is 14.2 Å². The summed E-state index contributed by atoms with van der Waals surface area (Å²) in [4.78, 5) is 50.0. The summed E-state index contributed by atoms with van der Waals surface area (Å²) in [6.45, 7) is 15.1. The first-order valence-corrected chi connectivity index (χ1v) is 27.7. The Bertz CT molecular complexity index is 1630. The Morgan fingerprint density at radius 3 is 1.24 bits per heavy atom. The van der Waals surface area contributed by atoms with Crippen LogP contribution in [-0.2, 0) is 38.1 Å². The fourth-order valence-corrected chi connectivity index (χ4v) is 19.0. The first kappa shape index (κ1) is 50.0. The Hall–Kier alpha value is -2.38. The van der Waals surface area contributed by atoms with E-state index in [4.69, 9.17) is 18.9 Å². The summed E-state index contributed by atoms with van der Waals surface area (Å²) in [5, 5.41) is 0. The van der Waals surface area contributed by atoms with Gasteiger partial charge in [-0.15, -0.1) is 0 Å². The second kappa shape index (κ2) is 20.5. The van der Waals surface area contributed by atoms with E-state index < -0.39 is 0 Å². The highest BCUT2D eigenvalue weighted by Crippen LogP contribution is 2.70. The van der Waals surface area contributed by atoms with Gasteiger partial charge in [0.1, 0.15) is 12.2 Å². The monoisotopic (exact) mass is 917 g/mol. The Balaban J connectivity index is 0.717. The molecule has 8 heteroatoms. The quantitative estimate of drug-likeness (QED) is 0.0856. The van der Waals surface area contributed by atoms with E-state index >= 15 is 0 Å². The van der Waals surface area contributed by atoms with E-state index in [2.05, 4.69) is 41.5 Å². The van der Waals surface area contributed by atoms with E-state index in [-0.39, 0.29) is 36.1 Å². The normalized spacial score (nSPS) is 43.5. The molecule has 66 heavy (non-hydrogen) atoms. The van der Waals surface area contributed by atoms with Gasteiger partial charge >= 0.3 is 23.9 Å². The predicted octanol–water partition coefficient (Wildman–Crippen LogP) is 13.4. The predicted molar refractivity (Wildman–Crippen MR) is 259 cm³/mol. The van der Waals surface area contributed by atoms with Crippen LogP contribution in [0.3, 0.4) is 0 Å². The zero-order chi connectivity index (χ0) is 47.0. The lowest BCUT2D eigenvalue weighted by Gasteiger charge is -2.61. The van der Waals surface area contributed by atoms with Gasteiger partial charge in [-0.2, -0.15) is 0 Å². The molecule has 8 saturated carbocycles. The molecule has 0 N–H and O–H groups in total. The van der Waals surface area contributed by atoms with Crippen LogP contribution < -0.4 is 0 Å². The van der Waals surface area contributed by atoms with Crippen molar-refractivity contribution in [3.05, 3.63) is 12.2 Å². The first-order chi connectivity index (χ1) is 31.5. The van der Waals surface area contributed by atoms with E-state index in [1.165, 1.54) is 104 Å². The molecule has 0 spiro atoms. The molecule has 0 aliphatic heterocycles. The number of esters is 4. The maximum absolute atomic E-state index is 13.1. The van der Waals surface area contributed by atoms with Crippen molar-refractivity contribution in [3.8, 4) is 0 Å². The Labute approximate surface area is 400 Å². The van der Waals surface area contributed by atoms with Gasteiger partial charge in [0.2, 0.25) is 0 Å². The van der Waals surface area contributed by atoms with Gasteiger partial charge in [0.15, 0.2) is 0 Å². The molecule has 0 aromatic rings. The molecule has 0 unspecified atom stereocenters. The minimum atomic E-state index is -0.0804. The number of ether oxygens (including phenoxy) is 4. The van der Waals surface area contributed by atoms with E-state index in [0.29, 0.717) is 95.7 Å². The zero-order valence-electron chi connectivity index (χ0n) is 42.9. The van der Waals surface area contributed by atoms with Gasteiger partial charge in [0, 0.05) is 25.7 Å². The lowest BCUT2D eigenvalue weighted by atomic mass is 9.44. The molecule has 0 aromatic heterocycles. The van der Waals surface area contributed by atoms with Gasteiger partial charge < -0.3 is 18.9 Å². The van der Waals surface area contributed by atoms with E-state index in [1.54, 1.807) is 0 Å². The third-order valence-corrected chi connectivity index (χ3v) is 22.6. The number of hydrogen-bond donors (Lipinski definition) is 0. The summed E-state index contributed by atoms with van der Waals surface area (Å²) in [7, 11) is 3.00. The number of hydrogen-bond acceptors (Lipinski definition) is 8. The van der Waals surface area contributed by atoms with Gasteiger partial charge in [-0.25, -0.2) is 0 Å². The summed E-state index contributed by atoms with van der Waals surface area (Å²) >= 11 is 0. The summed E-state index contributed by atoms with van der Waals surface area (Å²) < 4.78 is 22.2. The fourth-order valence-electron chi connectivity index (χ4n) is 19.0. The van der Waals surface area contributed by atoms with Gasteiger partial charge in [0.25, 0.3) is 0 Å². The van der Waals surface area contributed by atoms with Crippen LogP contribution >= 0.6 is 0 Å². The van der Waals surface area contributed by atoms with Crippen molar-refractivity contribution in [3.63, 3.8) is 0 Å². The second-order valence-electron chi connectivity index (χ2n) is 25.3. The summed E-state index contributed by atoms with van der Waals surface area (Å²) in [5.41, 5.74) is 1.46. The third kappa shape index (κ3) is 9.72. The molecule has 8 aliphatic rings. The van der Waals surface area contributed by atoms with Gasteiger partial charge in [-0.1, -0.05) is 53.7 Å². The van der Waals surface area contributed by atoms with Crippen molar-refractivity contribution in [2.24, 2.45) is 92.7 Å². The molecule has 0 bridgehead atoms. The van der Waals surface area contributed by atoms with Gasteiger partial charge in [-0.05, 0) is 234 Å². The number of allylic oxidation sites excluding steroid dienone is 2. The molecule has 18 atom stereocenters. The van der Waals surface area contributed by atoms with Crippen molar-refractivity contribution < 1.29 is 38.1 Å². The lowest BCUT2D eigenvalue weighted by molar-refractivity contribution is -0.163. The number of carbonyl (C=O) groups is 4. The van der Waals surface area contributed by atoms with Gasteiger partial charge in [0.05, 0.1) is 14.2 Å². The number of methoxy groups -OCH3 is 2. The number of rotatable bonds is 16. The largest absolute Gasteiger partial charge is 0.469 e. The minimum absolute atomic E-state index is 0.0396. The van der Waals surface area contributed by atoms with E-state index in [0.717, 1.165) is 74.0 Å². The average molecular weight is 917 g/mol. The van der Waals surface area contributed by atoms with Crippen LogP contribution in [0.5, 0.6) is 0 Å². The molecule has 0 radical (unpaired) electrons. The fraction of sp³-hybridized carbons (Fsp3) is 0.897. The maximum Gasteiger partial charge on any atom is 0.306 e. The van der Waals surface area contributed by atoms with Gasteiger partial charge in [-0.3, -0.25) is 19.2 Å². The van der Waals surface area contributed by atoms with Crippen molar-refractivity contribution >= 4 is 23.9 Å². The summed E-state index contributed by atoms with van der Waals surface area (Å²) in [5.74, 6) is 8.23. The highest BCUT2D eigenvalue weighted by atomic mass is 16.5. The molecule has 0 saturated heterocycles. The van der Waals surface area contributed by atoms with Crippen LogP contribution in [0.4, 0.5) is 0 Å². The van der Waals surface area contributed by atoms with Crippen LogP contribution in [0.25, 0.3) is 0 Å². The zero-order valence-corrected chi connectivity index (χ0v) is 42.9. The lowest BCUT2D eigenvalue weighted by Crippen LogP contribution is -2.54. The smallest absolute Gasteiger partial charge is 0.306 e. The summed E-state index contributed by atoms with van der Waals surface area (Å²) in [6, 6.07) is 0. The van der Waals surface area contributed by atoms with Crippen LogP contribution in [0.1, 0.15) is 208 Å².